The Labute approximate surface area is 110 Å². The molecule has 0 spiro atoms. The molecule has 0 unspecified atom stereocenters. The Morgan fingerprint density at radius 3 is 2.58 bits per heavy atom. The molecule has 0 fully saturated rings. The monoisotopic (exact) mass is 285 g/mol. The van der Waals surface area contributed by atoms with Gasteiger partial charge in [0, 0.05) is 0 Å². The Hall–Kier alpha value is -2.02. The third-order valence-electron chi connectivity index (χ3n) is 2.15. The molecule has 1 N–H and O–H groups in total. The number of aromatic nitrogens is 1. The highest BCUT2D eigenvalue weighted by Crippen LogP contribution is 2.31. The lowest BCUT2D eigenvalue weighted by molar-refractivity contribution is 0.0691. The van der Waals surface area contributed by atoms with Crippen LogP contribution in [-0.2, 0) is 0 Å². The van der Waals surface area contributed by atoms with Gasteiger partial charge in [0.05, 0.1) is 16.7 Å². The topological polar surface area (TPSA) is 50.2 Å². The van der Waals surface area contributed by atoms with E-state index in [1.54, 1.807) is 0 Å². The van der Waals surface area contributed by atoms with Crippen molar-refractivity contribution in [2.45, 2.75) is 9.92 Å². The fourth-order valence-electron chi connectivity index (χ4n) is 1.32. The van der Waals surface area contributed by atoms with E-state index in [-0.39, 0.29) is 9.92 Å². The predicted molar refractivity (Wildman–Crippen MR) is 61.6 cm³/mol. The summed E-state index contributed by atoms with van der Waals surface area (Å²) in [4.78, 5) is 14.4. The minimum absolute atomic E-state index is 0.113. The molecule has 0 aliphatic carbocycles. The van der Waals surface area contributed by atoms with Gasteiger partial charge in [0.25, 0.3) is 0 Å². The second-order valence-electron chi connectivity index (χ2n) is 3.49. The number of hydrogen-bond donors (Lipinski definition) is 1. The van der Waals surface area contributed by atoms with Gasteiger partial charge in [0.1, 0.15) is 22.5 Å². The average molecular weight is 285 g/mol. The standard InChI is InChI=1S/C12H6F3NO2S/c13-6-1-2-9(15)10(4-6)19-11-8(12(17)18)3-7(14)5-16-11/h1-5H,(H,17,18). The zero-order chi connectivity index (χ0) is 14.0. The van der Waals surface area contributed by atoms with Gasteiger partial charge in [0.2, 0.25) is 0 Å². The van der Waals surface area contributed by atoms with E-state index in [4.69, 9.17) is 5.11 Å². The van der Waals surface area contributed by atoms with Gasteiger partial charge >= 0.3 is 5.97 Å². The number of carboxylic acids is 1. The fraction of sp³-hybridized carbons (Fsp3) is 0. The summed E-state index contributed by atoms with van der Waals surface area (Å²) < 4.78 is 39.3. The number of carboxylic acid groups (broad SMARTS) is 1. The van der Waals surface area contributed by atoms with Crippen LogP contribution in [0, 0.1) is 17.5 Å². The fourth-order valence-corrected chi connectivity index (χ4v) is 2.23. The van der Waals surface area contributed by atoms with Crippen LogP contribution >= 0.6 is 11.8 Å². The molecule has 1 heterocycles. The van der Waals surface area contributed by atoms with Crippen LogP contribution in [0.5, 0.6) is 0 Å². The van der Waals surface area contributed by atoms with Crippen LogP contribution in [-0.4, -0.2) is 16.1 Å². The lowest BCUT2D eigenvalue weighted by Crippen LogP contribution is -2.02. The van der Waals surface area contributed by atoms with Crippen molar-refractivity contribution in [1.82, 2.24) is 4.98 Å². The van der Waals surface area contributed by atoms with Crippen molar-refractivity contribution in [1.29, 1.82) is 0 Å². The first-order chi connectivity index (χ1) is 8.97. The summed E-state index contributed by atoms with van der Waals surface area (Å²) in [6.45, 7) is 0. The highest BCUT2D eigenvalue weighted by atomic mass is 32.2. The molecule has 2 rings (SSSR count). The Kier molecular flexibility index (Phi) is 3.75. The molecule has 0 radical (unpaired) electrons. The van der Waals surface area contributed by atoms with Crippen LogP contribution < -0.4 is 0 Å². The van der Waals surface area contributed by atoms with Crippen molar-refractivity contribution in [3.8, 4) is 0 Å². The maximum Gasteiger partial charge on any atom is 0.338 e. The van der Waals surface area contributed by atoms with Gasteiger partial charge in [-0.2, -0.15) is 0 Å². The van der Waals surface area contributed by atoms with Gasteiger partial charge in [-0.05, 0) is 24.3 Å². The van der Waals surface area contributed by atoms with Crippen molar-refractivity contribution >= 4 is 17.7 Å². The molecule has 1 aromatic carbocycles. The van der Waals surface area contributed by atoms with Crippen LogP contribution in [0.3, 0.4) is 0 Å². The molecule has 0 bridgehead atoms. The number of halogens is 3. The molecule has 19 heavy (non-hydrogen) atoms. The molecule has 0 atom stereocenters. The molecule has 0 aliphatic rings. The Morgan fingerprint density at radius 2 is 1.89 bits per heavy atom. The second kappa shape index (κ2) is 5.31. The summed E-state index contributed by atoms with van der Waals surface area (Å²) in [6, 6.07) is 3.54. The molecule has 2 aromatic rings. The zero-order valence-electron chi connectivity index (χ0n) is 9.23. The summed E-state index contributed by atoms with van der Waals surface area (Å²) in [5, 5.41) is 8.79. The van der Waals surface area contributed by atoms with Crippen molar-refractivity contribution < 1.29 is 23.1 Å². The van der Waals surface area contributed by atoms with Crippen molar-refractivity contribution in [3.05, 3.63) is 53.5 Å². The lowest BCUT2D eigenvalue weighted by Gasteiger charge is -2.06. The van der Waals surface area contributed by atoms with E-state index >= 15 is 0 Å². The molecular weight excluding hydrogens is 279 g/mol. The Morgan fingerprint density at radius 1 is 1.16 bits per heavy atom. The highest BCUT2D eigenvalue weighted by molar-refractivity contribution is 7.99. The molecule has 0 saturated carbocycles. The molecule has 3 nitrogen and oxygen atoms in total. The van der Waals surface area contributed by atoms with E-state index in [9.17, 15) is 18.0 Å². The molecule has 0 aliphatic heterocycles. The summed E-state index contributed by atoms with van der Waals surface area (Å²) >= 11 is 0.618. The normalized spacial score (nSPS) is 10.5. The Balaban J connectivity index is 2.43. The smallest absolute Gasteiger partial charge is 0.338 e. The van der Waals surface area contributed by atoms with E-state index in [0.29, 0.717) is 11.8 Å². The largest absolute Gasteiger partial charge is 0.478 e. The maximum atomic E-state index is 13.4. The lowest BCUT2D eigenvalue weighted by atomic mass is 10.3. The highest BCUT2D eigenvalue weighted by Gasteiger charge is 2.16. The van der Waals surface area contributed by atoms with Gasteiger partial charge in [-0.3, -0.25) is 0 Å². The molecule has 98 valence electrons. The van der Waals surface area contributed by atoms with E-state index in [1.807, 2.05) is 0 Å². The van der Waals surface area contributed by atoms with Gasteiger partial charge in [-0.1, -0.05) is 11.8 Å². The van der Waals surface area contributed by atoms with Crippen LogP contribution in [0.2, 0.25) is 0 Å². The number of benzene rings is 1. The minimum atomic E-state index is -1.40. The zero-order valence-corrected chi connectivity index (χ0v) is 10.0. The predicted octanol–water partition coefficient (Wildman–Crippen LogP) is 3.35. The second-order valence-corrected chi connectivity index (χ2v) is 4.52. The number of hydrogen-bond acceptors (Lipinski definition) is 3. The number of rotatable bonds is 3. The van der Waals surface area contributed by atoms with Crippen molar-refractivity contribution in [2.75, 3.05) is 0 Å². The number of carbonyl (C=O) groups is 1. The van der Waals surface area contributed by atoms with Gasteiger partial charge in [0.15, 0.2) is 0 Å². The minimum Gasteiger partial charge on any atom is -0.478 e. The summed E-state index contributed by atoms with van der Waals surface area (Å²) in [7, 11) is 0. The summed E-state index contributed by atoms with van der Waals surface area (Å²) in [5.41, 5.74) is -0.409. The van der Waals surface area contributed by atoms with Gasteiger partial charge < -0.3 is 5.11 Å². The van der Waals surface area contributed by atoms with E-state index < -0.39 is 29.0 Å². The maximum absolute atomic E-state index is 13.4. The Bertz CT molecular complexity index is 649. The molecule has 1 aromatic heterocycles. The molecule has 0 saturated heterocycles. The van der Waals surface area contributed by atoms with E-state index in [2.05, 4.69) is 4.98 Å². The van der Waals surface area contributed by atoms with E-state index in [1.165, 1.54) is 0 Å². The third-order valence-corrected chi connectivity index (χ3v) is 3.20. The van der Waals surface area contributed by atoms with Crippen LogP contribution in [0.15, 0.2) is 40.4 Å². The first-order valence-electron chi connectivity index (χ1n) is 4.99. The summed E-state index contributed by atoms with van der Waals surface area (Å²) in [5.74, 6) is -3.59. The average Bonchev–Trinajstić information content (AvgIpc) is 2.35. The number of pyridine rings is 1. The molecule has 7 heteroatoms. The number of nitrogens with zero attached hydrogens (tertiary/aromatic N) is 1. The van der Waals surface area contributed by atoms with E-state index in [0.717, 1.165) is 30.5 Å². The van der Waals surface area contributed by atoms with Gasteiger partial charge in [-0.15, -0.1) is 0 Å². The first kappa shape index (κ1) is 13.4. The summed E-state index contributed by atoms with van der Waals surface area (Å²) in [6.07, 6.45) is 0.811. The van der Waals surface area contributed by atoms with Crippen LogP contribution in [0.25, 0.3) is 0 Å². The van der Waals surface area contributed by atoms with Crippen LogP contribution in [0.1, 0.15) is 10.4 Å². The quantitative estimate of drug-likeness (QED) is 0.939. The SMILES string of the molecule is O=C(O)c1cc(F)cnc1Sc1cc(F)ccc1F. The van der Waals surface area contributed by atoms with Crippen LogP contribution in [0.4, 0.5) is 13.2 Å². The molecular formula is C12H6F3NO2S. The third kappa shape index (κ3) is 3.05. The van der Waals surface area contributed by atoms with Crippen molar-refractivity contribution in [3.63, 3.8) is 0 Å². The first-order valence-corrected chi connectivity index (χ1v) is 5.81. The van der Waals surface area contributed by atoms with Gasteiger partial charge in [-0.25, -0.2) is 22.9 Å². The van der Waals surface area contributed by atoms with Crippen molar-refractivity contribution in [2.24, 2.45) is 0 Å². The molecule has 0 amide bonds. The number of aromatic carboxylic acids is 1.